The summed E-state index contributed by atoms with van der Waals surface area (Å²) in [5.41, 5.74) is 0.314. The molecule has 0 spiro atoms. The molecule has 16 heavy (non-hydrogen) atoms. The molecule has 94 valence electrons. The van der Waals surface area contributed by atoms with E-state index in [0.29, 0.717) is 5.41 Å². The van der Waals surface area contributed by atoms with Crippen molar-refractivity contribution in [2.75, 3.05) is 27.2 Å². The number of nitrogens with zero attached hydrogens (tertiary/aromatic N) is 1. The molecule has 0 unspecified atom stereocenters. The van der Waals surface area contributed by atoms with Crippen molar-refractivity contribution in [3.05, 3.63) is 12.2 Å². The number of nitrogens with one attached hydrogen (secondary N) is 1. The second-order valence-electron chi connectivity index (χ2n) is 5.30. The third-order valence-electron chi connectivity index (χ3n) is 2.39. The minimum absolute atomic E-state index is 0.00733. The molecule has 0 aliphatic carbocycles. The summed E-state index contributed by atoms with van der Waals surface area (Å²) in [5, 5.41) is 2.87. The highest BCUT2D eigenvalue weighted by atomic mass is 16.1. The molecule has 3 nitrogen and oxygen atoms in total. The molecule has 1 N–H and O–H groups in total. The summed E-state index contributed by atoms with van der Waals surface area (Å²) in [6.45, 7) is 8.22. The fraction of sp³-hybridized carbons (Fsp3) is 0.769. The maximum absolute atomic E-state index is 11.1. The zero-order valence-electron chi connectivity index (χ0n) is 11.3. The summed E-state index contributed by atoms with van der Waals surface area (Å²) >= 11 is 0. The van der Waals surface area contributed by atoms with Crippen molar-refractivity contribution in [3.63, 3.8) is 0 Å². The number of hydrogen-bond donors (Lipinski definition) is 1. The van der Waals surface area contributed by atoms with Crippen molar-refractivity contribution in [1.82, 2.24) is 10.2 Å². The van der Waals surface area contributed by atoms with E-state index < -0.39 is 0 Å². The Bertz CT molecular complexity index is 232. The predicted octanol–water partition coefficient (Wildman–Crippen LogP) is 2.05. The fourth-order valence-corrected chi connectivity index (χ4v) is 1.92. The summed E-state index contributed by atoms with van der Waals surface area (Å²) in [6.07, 6.45) is 5.47. The molecule has 0 saturated carbocycles. The molecular weight excluding hydrogens is 200 g/mol. The molecule has 0 atom stereocenters. The first kappa shape index (κ1) is 15.2. The lowest BCUT2D eigenvalue weighted by atomic mass is 9.87. The van der Waals surface area contributed by atoms with Crippen LogP contribution in [0.1, 0.15) is 33.6 Å². The fourth-order valence-electron chi connectivity index (χ4n) is 1.92. The average molecular weight is 226 g/mol. The molecule has 0 heterocycles. The molecule has 0 aromatic carbocycles. The summed E-state index contributed by atoms with van der Waals surface area (Å²) in [4.78, 5) is 13.3. The van der Waals surface area contributed by atoms with E-state index in [0.717, 1.165) is 25.9 Å². The molecule has 0 bridgehead atoms. The maximum atomic E-state index is 11.1. The third-order valence-corrected chi connectivity index (χ3v) is 2.39. The first-order chi connectivity index (χ1) is 7.37. The van der Waals surface area contributed by atoms with E-state index in [1.165, 1.54) is 0 Å². The first-order valence-corrected chi connectivity index (χ1v) is 5.92. The van der Waals surface area contributed by atoms with Gasteiger partial charge in [-0.1, -0.05) is 19.9 Å². The number of carbonyl (C=O) groups is 1. The van der Waals surface area contributed by atoms with E-state index in [1.54, 1.807) is 12.2 Å². The van der Waals surface area contributed by atoms with E-state index in [4.69, 9.17) is 0 Å². The van der Waals surface area contributed by atoms with Gasteiger partial charge in [0.05, 0.1) is 0 Å². The molecule has 0 radical (unpaired) electrons. The van der Waals surface area contributed by atoms with Crippen molar-refractivity contribution < 1.29 is 4.79 Å². The van der Waals surface area contributed by atoms with Gasteiger partial charge in [0.25, 0.3) is 0 Å². The van der Waals surface area contributed by atoms with E-state index in [9.17, 15) is 4.79 Å². The van der Waals surface area contributed by atoms with Crippen molar-refractivity contribution >= 4 is 5.91 Å². The average Bonchev–Trinajstić information content (AvgIpc) is 2.11. The summed E-state index contributed by atoms with van der Waals surface area (Å²) in [7, 11) is 4.19. The molecule has 0 aliphatic heterocycles. The van der Waals surface area contributed by atoms with Crippen molar-refractivity contribution in [3.8, 4) is 0 Å². The first-order valence-electron chi connectivity index (χ1n) is 5.92. The second-order valence-corrected chi connectivity index (χ2v) is 5.30. The van der Waals surface area contributed by atoms with Gasteiger partial charge in [-0.3, -0.25) is 4.79 Å². The molecule has 0 aromatic rings. The Morgan fingerprint density at radius 2 is 2.00 bits per heavy atom. The number of amides is 1. The highest BCUT2D eigenvalue weighted by molar-refractivity contribution is 5.87. The van der Waals surface area contributed by atoms with Gasteiger partial charge in [-0.05, 0) is 45.4 Å². The molecule has 0 aromatic heterocycles. The van der Waals surface area contributed by atoms with E-state index in [-0.39, 0.29) is 5.91 Å². The van der Waals surface area contributed by atoms with Crippen LogP contribution in [0.15, 0.2) is 12.2 Å². The van der Waals surface area contributed by atoms with Crippen LogP contribution in [0.2, 0.25) is 0 Å². The van der Waals surface area contributed by atoms with Gasteiger partial charge in [0.1, 0.15) is 0 Å². The van der Waals surface area contributed by atoms with Crippen LogP contribution in [0.3, 0.4) is 0 Å². The Kier molecular flexibility index (Phi) is 7.06. The van der Waals surface area contributed by atoms with Crippen LogP contribution >= 0.6 is 0 Å². The lowest BCUT2D eigenvalue weighted by Gasteiger charge is -2.28. The Morgan fingerprint density at radius 1 is 1.38 bits per heavy atom. The van der Waals surface area contributed by atoms with Gasteiger partial charge in [-0.2, -0.15) is 0 Å². The number of allylic oxidation sites excluding steroid dienone is 1. The normalized spacial score (nSPS) is 12.4. The lowest BCUT2D eigenvalue weighted by Crippen LogP contribution is -2.30. The Morgan fingerprint density at radius 3 is 2.50 bits per heavy atom. The smallest absolute Gasteiger partial charge is 0.243 e. The maximum Gasteiger partial charge on any atom is 0.243 e. The van der Waals surface area contributed by atoms with Crippen LogP contribution in [0.4, 0.5) is 0 Å². The Hall–Kier alpha value is -0.830. The van der Waals surface area contributed by atoms with Crippen molar-refractivity contribution in [2.24, 2.45) is 5.41 Å². The van der Waals surface area contributed by atoms with Crippen LogP contribution in [0, 0.1) is 5.41 Å². The summed E-state index contributed by atoms with van der Waals surface area (Å²) in [6, 6.07) is 0. The number of hydrogen-bond acceptors (Lipinski definition) is 2. The Balaban J connectivity index is 3.69. The predicted molar refractivity (Wildman–Crippen MR) is 69.4 cm³/mol. The molecule has 0 saturated heterocycles. The van der Waals surface area contributed by atoms with Crippen LogP contribution in [0.25, 0.3) is 0 Å². The van der Waals surface area contributed by atoms with Crippen molar-refractivity contribution in [2.45, 2.75) is 33.6 Å². The van der Waals surface area contributed by atoms with E-state index in [2.05, 4.69) is 38.2 Å². The quantitative estimate of drug-likeness (QED) is 0.532. The van der Waals surface area contributed by atoms with Crippen molar-refractivity contribution in [1.29, 1.82) is 0 Å². The number of carbonyl (C=O) groups excluding carboxylic acids is 1. The second kappa shape index (κ2) is 7.44. The molecule has 1 amide bonds. The SMILES string of the molecule is CC=CC(=O)NCCCC(C)(C)CN(C)C. The van der Waals surface area contributed by atoms with Crippen LogP contribution in [0.5, 0.6) is 0 Å². The number of rotatable bonds is 7. The van der Waals surface area contributed by atoms with Crippen LogP contribution in [-0.2, 0) is 4.79 Å². The monoisotopic (exact) mass is 226 g/mol. The van der Waals surface area contributed by atoms with E-state index >= 15 is 0 Å². The highest BCUT2D eigenvalue weighted by Crippen LogP contribution is 2.22. The van der Waals surface area contributed by atoms with Gasteiger partial charge < -0.3 is 10.2 Å². The van der Waals surface area contributed by atoms with E-state index in [1.807, 2.05) is 6.92 Å². The van der Waals surface area contributed by atoms with Crippen LogP contribution in [-0.4, -0.2) is 38.0 Å². The lowest BCUT2D eigenvalue weighted by molar-refractivity contribution is -0.116. The zero-order chi connectivity index (χ0) is 12.6. The highest BCUT2D eigenvalue weighted by Gasteiger charge is 2.17. The minimum Gasteiger partial charge on any atom is -0.353 e. The van der Waals surface area contributed by atoms with Gasteiger partial charge >= 0.3 is 0 Å². The molecule has 0 fully saturated rings. The van der Waals surface area contributed by atoms with Gasteiger partial charge in [-0.25, -0.2) is 0 Å². The minimum atomic E-state index is 0.00733. The van der Waals surface area contributed by atoms with Gasteiger partial charge in [0, 0.05) is 13.1 Å². The molecule has 0 aliphatic rings. The molecule has 0 rings (SSSR count). The van der Waals surface area contributed by atoms with Gasteiger partial charge in [-0.15, -0.1) is 0 Å². The largest absolute Gasteiger partial charge is 0.353 e. The summed E-state index contributed by atoms with van der Waals surface area (Å²) < 4.78 is 0. The molecule has 3 heteroatoms. The molecular formula is C13H26N2O. The standard InChI is InChI=1S/C13H26N2O/c1-6-8-12(16)14-10-7-9-13(2,3)11-15(4)5/h6,8H,7,9-11H2,1-5H3,(H,14,16). The van der Waals surface area contributed by atoms with Crippen LogP contribution < -0.4 is 5.32 Å². The summed E-state index contributed by atoms with van der Waals surface area (Å²) in [5.74, 6) is 0.00733. The Labute approximate surface area is 99.9 Å². The third kappa shape index (κ3) is 8.48. The van der Waals surface area contributed by atoms with Gasteiger partial charge in [0.15, 0.2) is 0 Å². The van der Waals surface area contributed by atoms with Gasteiger partial charge in [0.2, 0.25) is 5.91 Å². The topological polar surface area (TPSA) is 32.3 Å². The zero-order valence-corrected chi connectivity index (χ0v) is 11.3.